The molecular formula is C11H15NO2S. The van der Waals surface area contributed by atoms with Crippen molar-refractivity contribution in [2.24, 2.45) is 0 Å². The lowest BCUT2D eigenvalue weighted by Crippen LogP contribution is -2.33. The zero-order valence-corrected chi connectivity index (χ0v) is 9.30. The molecule has 0 aromatic heterocycles. The molecular weight excluding hydrogens is 210 g/mol. The summed E-state index contributed by atoms with van der Waals surface area (Å²) in [6, 6.07) is 6.67. The Morgan fingerprint density at radius 1 is 1.20 bits per heavy atom. The lowest BCUT2D eigenvalue weighted by molar-refractivity contribution is 0.474. The molecule has 0 amide bonds. The first-order valence-corrected chi connectivity index (χ1v) is 6.39. The number of hydrogen-bond donors (Lipinski definition) is 2. The molecule has 3 nitrogen and oxygen atoms in total. The predicted octanol–water partition coefficient (Wildman–Crippen LogP) is 1.25. The molecule has 1 aromatic rings. The van der Waals surface area contributed by atoms with E-state index < -0.39 is 10.8 Å². The Bertz CT molecular complexity index is 344. The van der Waals surface area contributed by atoms with Crippen molar-refractivity contribution in [3.63, 3.8) is 0 Å². The van der Waals surface area contributed by atoms with E-state index in [0.717, 1.165) is 30.8 Å². The van der Waals surface area contributed by atoms with Crippen molar-refractivity contribution in [2.75, 3.05) is 13.1 Å². The molecule has 1 aliphatic rings. The summed E-state index contributed by atoms with van der Waals surface area (Å²) in [7, 11) is -0.929. The average molecular weight is 225 g/mol. The minimum absolute atomic E-state index is 0.223. The van der Waals surface area contributed by atoms with E-state index in [1.54, 1.807) is 24.3 Å². The normalized spacial score (nSPS) is 20.0. The molecule has 1 unspecified atom stereocenters. The lowest BCUT2D eigenvalue weighted by atomic mass is 10.2. The van der Waals surface area contributed by atoms with Crippen LogP contribution in [-0.4, -0.2) is 27.7 Å². The zero-order valence-electron chi connectivity index (χ0n) is 8.48. The van der Waals surface area contributed by atoms with Gasteiger partial charge in [-0.1, -0.05) is 0 Å². The first kappa shape index (κ1) is 10.6. The molecule has 82 valence electrons. The summed E-state index contributed by atoms with van der Waals surface area (Å²) in [6.45, 7) is 1.91. The fraction of sp³-hybridized carbons (Fsp3) is 0.455. The maximum atomic E-state index is 12.1. The third-order valence-corrected chi connectivity index (χ3v) is 4.47. The van der Waals surface area contributed by atoms with Gasteiger partial charge in [0.15, 0.2) is 0 Å². The van der Waals surface area contributed by atoms with Crippen LogP contribution in [0.25, 0.3) is 0 Å². The molecule has 1 saturated heterocycles. The van der Waals surface area contributed by atoms with Gasteiger partial charge in [-0.2, -0.15) is 0 Å². The van der Waals surface area contributed by atoms with E-state index in [-0.39, 0.29) is 11.0 Å². The Morgan fingerprint density at radius 2 is 1.80 bits per heavy atom. The van der Waals surface area contributed by atoms with Gasteiger partial charge >= 0.3 is 0 Å². The monoisotopic (exact) mass is 225 g/mol. The van der Waals surface area contributed by atoms with Crippen LogP contribution in [0.1, 0.15) is 12.8 Å². The maximum absolute atomic E-state index is 12.1. The molecule has 0 radical (unpaired) electrons. The third kappa shape index (κ3) is 2.58. The number of phenols is 1. The minimum atomic E-state index is -0.929. The maximum Gasteiger partial charge on any atom is 0.115 e. The van der Waals surface area contributed by atoms with Gasteiger partial charge in [-0.05, 0) is 50.2 Å². The number of nitrogens with one attached hydrogen (secondary N) is 1. The van der Waals surface area contributed by atoms with E-state index >= 15 is 0 Å². The van der Waals surface area contributed by atoms with E-state index in [1.807, 2.05) is 0 Å². The number of phenolic OH excluding ortho intramolecular Hbond substituents is 1. The van der Waals surface area contributed by atoms with Crippen molar-refractivity contribution in [3.05, 3.63) is 24.3 Å². The van der Waals surface area contributed by atoms with Gasteiger partial charge in [0.2, 0.25) is 0 Å². The Balaban J connectivity index is 2.09. The molecule has 4 heteroatoms. The van der Waals surface area contributed by atoms with Crippen LogP contribution < -0.4 is 5.32 Å². The molecule has 1 aliphatic heterocycles. The Kier molecular flexibility index (Phi) is 3.38. The Hall–Kier alpha value is -0.870. The molecule has 1 heterocycles. The van der Waals surface area contributed by atoms with Crippen molar-refractivity contribution >= 4 is 10.8 Å². The van der Waals surface area contributed by atoms with Crippen molar-refractivity contribution in [3.8, 4) is 5.75 Å². The zero-order chi connectivity index (χ0) is 10.7. The van der Waals surface area contributed by atoms with Gasteiger partial charge in [-0.25, -0.2) is 0 Å². The lowest BCUT2D eigenvalue weighted by Gasteiger charge is -2.21. The van der Waals surface area contributed by atoms with Crippen LogP contribution in [0.4, 0.5) is 0 Å². The van der Waals surface area contributed by atoms with E-state index in [9.17, 15) is 4.21 Å². The molecule has 1 atom stereocenters. The standard InChI is InChI=1S/C11H15NO2S/c13-9-1-3-10(4-2-9)15(14)11-5-7-12-8-6-11/h1-4,11-13H,5-8H2. The molecule has 1 aromatic carbocycles. The van der Waals surface area contributed by atoms with Gasteiger partial charge < -0.3 is 10.4 Å². The average Bonchev–Trinajstić information content (AvgIpc) is 2.30. The molecule has 2 N–H and O–H groups in total. The Morgan fingerprint density at radius 3 is 2.40 bits per heavy atom. The minimum Gasteiger partial charge on any atom is -0.508 e. The summed E-state index contributed by atoms with van der Waals surface area (Å²) in [5.41, 5.74) is 0. The number of rotatable bonds is 2. The molecule has 1 fully saturated rings. The van der Waals surface area contributed by atoms with Crippen LogP contribution in [-0.2, 0) is 10.8 Å². The van der Waals surface area contributed by atoms with Gasteiger partial charge in [0.1, 0.15) is 5.75 Å². The summed E-state index contributed by atoms with van der Waals surface area (Å²) in [4.78, 5) is 0.819. The van der Waals surface area contributed by atoms with Crippen LogP contribution in [0.3, 0.4) is 0 Å². The first-order chi connectivity index (χ1) is 7.27. The quantitative estimate of drug-likeness (QED) is 0.796. The summed E-state index contributed by atoms with van der Waals surface area (Å²) < 4.78 is 12.1. The summed E-state index contributed by atoms with van der Waals surface area (Å²) >= 11 is 0. The van der Waals surface area contributed by atoms with Gasteiger partial charge in [0, 0.05) is 10.1 Å². The van der Waals surface area contributed by atoms with Gasteiger partial charge in [0.05, 0.1) is 10.8 Å². The van der Waals surface area contributed by atoms with Gasteiger partial charge in [-0.3, -0.25) is 4.21 Å². The largest absolute Gasteiger partial charge is 0.508 e. The fourth-order valence-corrected chi connectivity index (χ4v) is 3.24. The molecule has 15 heavy (non-hydrogen) atoms. The molecule has 0 aliphatic carbocycles. The van der Waals surface area contributed by atoms with E-state index in [2.05, 4.69) is 5.32 Å². The van der Waals surface area contributed by atoms with Gasteiger partial charge in [-0.15, -0.1) is 0 Å². The number of benzene rings is 1. The molecule has 0 bridgehead atoms. The molecule has 0 saturated carbocycles. The van der Waals surface area contributed by atoms with Crippen LogP contribution >= 0.6 is 0 Å². The van der Waals surface area contributed by atoms with E-state index in [4.69, 9.17) is 5.11 Å². The predicted molar refractivity (Wildman–Crippen MR) is 60.4 cm³/mol. The van der Waals surface area contributed by atoms with Crippen LogP contribution in [0.15, 0.2) is 29.2 Å². The van der Waals surface area contributed by atoms with Crippen LogP contribution in [0.5, 0.6) is 5.75 Å². The smallest absolute Gasteiger partial charge is 0.115 e. The van der Waals surface area contributed by atoms with Gasteiger partial charge in [0.25, 0.3) is 0 Å². The van der Waals surface area contributed by atoms with E-state index in [1.165, 1.54) is 0 Å². The number of piperidine rings is 1. The van der Waals surface area contributed by atoms with Crippen molar-refractivity contribution in [2.45, 2.75) is 23.0 Å². The highest BCUT2D eigenvalue weighted by Crippen LogP contribution is 2.20. The highest BCUT2D eigenvalue weighted by molar-refractivity contribution is 7.85. The second-order valence-electron chi connectivity index (χ2n) is 3.74. The summed E-state index contributed by atoms with van der Waals surface area (Å²) in [5, 5.41) is 12.7. The number of hydrogen-bond acceptors (Lipinski definition) is 3. The van der Waals surface area contributed by atoms with Crippen molar-refractivity contribution in [1.82, 2.24) is 5.32 Å². The highest BCUT2D eigenvalue weighted by Gasteiger charge is 2.20. The SMILES string of the molecule is O=S(c1ccc(O)cc1)C1CCNCC1. The van der Waals surface area contributed by atoms with Crippen molar-refractivity contribution in [1.29, 1.82) is 0 Å². The second kappa shape index (κ2) is 4.77. The highest BCUT2D eigenvalue weighted by atomic mass is 32.2. The Labute approximate surface area is 92.0 Å². The fourth-order valence-electron chi connectivity index (χ4n) is 1.78. The first-order valence-electron chi connectivity index (χ1n) is 5.18. The van der Waals surface area contributed by atoms with Crippen LogP contribution in [0.2, 0.25) is 0 Å². The third-order valence-electron chi connectivity index (χ3n) is 2.66. The van der Waals surface area contributed by atoms with E-state index in [0.29, 0.717) is 0 Å². The van der Waals surface area contributed by atoms with Crippen LogP contribution in [0, 0.1) is 0 Å². The number of aromatic hydroxyl groups is 1. The summed E-state index contributed by atoms with van der Waals surface area (Å²) in [6.07, 6.45) is 1.93. The molecule has 0 spiro atoms. The topological polar surface area (TPSA) is 49.3 Å². The van der Waals surface area contributed by atoms with Crippen molar-refractivity contribution < 1.29 is 9.32 Å². The molecule has 2 rings (SSSR count). The second-order valence-corrected chi connectivity index (χ2v) is 5.47. The summed E-state index contributed by atoms with van der Waals surface area (Å²) in [5.74, 6) is 0.223.